The van der Waals surface area contributed by atoms with Gasteiger partial charge in [0.15, 0.2) is 5.96 Å². The molecule has 0 spiro atoms. The molecule has 22 heavy (non-hydrogen) atoms. The molecule has 0 saturated heterocycles. The molecule has 0 aliphatic heterocycles. The van der Waals surface area contributed by atoms with E-state index < -0.39 is 6.10 Å². The van der Waals surface area contributed by atoms with Crippen LogP contribution in [0.1, 0.15) is 11.7 Å². The second-order valence-electron chi connectivity index (χ2n) is 4.62. The highest BCUT2D eigenvalue weighted by Crippen LogP contribution is 2.22. The van der Waals surface area contributed by atoms with Crippen LogP contribution in [0.15, 0.2) is 53.5 Å². The molecular weight excluding hydrogens is 285 g/mol. The largest absolute Gasteiger partial charge is 0.495 e. The molecule has 0 amide bonds. The maximum atomic E-state index is 12.8. The van der Waals surface area contributed by atoms with Crippen LogP contribution in [0.2, 0.25) is 0 Å². The number of ether oxygens (including phenoxy) is 1. The van der Waals surface area contributed by atoms with Crippen molar-refractivity contribution >= 4 is 11.6 Å². The summed E-state index contributed by atoms with van der Waals surface area (Å²) in [7, 11) is 1.56. The summed E-state index contributed by atoms with van der Waals surface area (Å²) in [5, 5.41) is 12.9. The Bertz CT molecular complexity index is 644. The highest BCUT2D eigenvalue weighted by Gasteiger charge is 2.08. The Morgan fingerprint density at radius 2 is 1.95 bits per heavy atom. The lowest BCUT2D eigenvalue weighted by atomic mass is 10.1. The van der Waals surface area contributed by atoms with Crippen molar-refractivity contribution in [2.45, 2.75) is 6.10 Å². The molecule has 0 heterocycles. The minimum atomic E-state index is -0.849. The number of hydrogen-bond donors (Lipinski definition) is 3. The number of hydrogen-bond acceptors (Lipinski definition) is 3. The summed E-state index contributed by atoms with van der Waals surface area (Å²) < 4.78 is 18.0. The number of nitrogens with two attached hydrogens (primary N) is 1. The number of nitrogens with one attached hydrogen (secondary N) is 1. The van der Waals surface area contributed by atoms with E-state index in [1.807, 2.05) is 12.1 Å². The number of halogens is 1. The van der Waals surface area contributed by atoms with Crippen molar-refractivity contribution in [3.05, 3.63) is 59.9 Å². The molecule has 0 aliphatic rings. The Morgan fingerprint density at radius 3 is 2.64 bits per heavy atom. The number of guanidine groups is 1. The highest BCUT2D eigenvalue weighted by molar-refractivity contribution is 5.93. The summed E-state index contributed by atoms with van der Waals surface area (Å²) in [5.74, 6) is 0.446. The molecule has 0 aliphatic carbocycles. The van der Waals surface area contributed by atoms with E-state index >= 15 is 0 Å². The summed E-state index contributed by atoms with van der Waals surface area (Å²) in [4.78, 5) is 4.08. The van der Waals surface area contributed by atoms with Crippen LogP contribution in [0.5, 0.6) is 5.75 Å². The zero-order valence-corrected chi connectivity index (χ0v) is 12.2. The first-order chi connectivity index (χ1) is 10.6. The van der Waals surface area contributed by atoms with Gasteiger partial charge in [0.05, 0.1) is 25.4 Å². The van der Waals surface area contributed by atoms with Gasteiger partial charge in [0, 0.05) is 0 Å². The minimum Gasteiger partial charge on any atom is -0.495 e. The van der Waals surface area contributed by atoms with Gasteiger partial charge in [-0.15, -0.1) is 0 Å². The van der Waals surface area contributed by atoms with E-state index in [4.69, 9.17) is 10.5 Å². The van der Waals surface area contributed by atoms with E-state index in [2.05, 4.69) is 10.3 Å². The Hall–Kier alpha value is -2.60. The molecule has 2 aromatic carbocycles. The number of benzene rings is 2. The molecule has 0 radical (unpaired) electrons. The number of aliphatic hydroxyl groups is 1. The minimum absolute atomic E-state index is 0.0691. The SMILES string of the molecule is COc1ccccc1NC(N)=NCC(O)c1ccc(F)cc1. The predicted molar refractivity (Wildman–Crippen MR) is 84.5 cm³/mol. The van der Waals surface area contributed by atoms with Crippen molar-refractivity contribution in [3.8, 4) is 5.75 Å². The lowest BCUT2D eigenvalue weighted by Crippen LogP contribution is -2.24. The van der Waals surface area contributed by atoms with Gasteiger partial charge in [-0.3, -0.25) is 4.99 Å². The lowest BCUT2D eigenvalue weighted by molar-refractivity contribution is 0.187. The molecule has 0 saturated carbocycles. The first-order valence-electron chi connectivity index (χ1n) is 6.73. The van der Waals surface area contributed by atoms with Gasteiger partial charge in [-0.1, -0.05) is 24.3 Å². The van der Waals surface area contributed by atoms with Crippen molar-refractivity contribution < 1.29 is 14.2 Å². The summed E-state index contributed by atoms with van der Waals surface area (Å²) >= 11 is 0. The van der Waals surface area contributed by atoms with Crippen LogP contribution in [0.4, 0.5) is 10.1 Å². The van der Waals surface area contributed by atoms with Gasteiger partial charge in [-0.25, -0.2) is 4.39 Å². The van der Waals surface area contributed by atoms with Crippen LogP contribution in [-0.4, -0.2) is 24.7 Å². The molecule has 1 unspecified atom stereocenters. The van der Waals surface area contributed by atoms with Gasteiger partial charge in [-0.2, -0.15) is 0 Å². The normalized spacial score (nSPS) is 12.8. The monoisotopic (exact) mass is 303 g/mol. The van der Waals surface area contributed by atoms with E-state index in [9.17, 15) is 9.50 Å². The van der Waals surface area contributed by atoms with Crippen molar-refractivity contribution in [1.82, 2.24) is 0 Å². The van der Waals surface area contributed by atoms with Crippen molar-refractivity contribution in [2.75, 3.05) is 19.0 Å². The number of aliphatic imine (C=N–C) groups is 1. The molecular formula is C16H18FN3O2. The van der Waals surface area contributed by atoms with E-state index in [0.29, 0.717) is 17.0 Å². The van der Waals surface area contributed by atoms with Crippen LogP contribution in [-0.2, 0) is 0 Å². The van der Waals surface area contributed by atoms with Crippen LogP contribution >= 0.6 is 0 Å². The van der Waals surface area contributed by atoms with E-state index in [1.54, 1.807) is 19.2 Å². The van der Waals surface area contributed by atoms with Crippen LogP contribution in [0.3, 0.4) is 0 Å². The number of para-hydroxylation sites is 2. The maximum Gasteiger partial charge on any atom is 0.193 e. The smallest absolute Gasteiger partial charge is 0.193 e. The maximum absolute atomic E-state index is 12.8. The molecule has 2 rings (SSSR count). The fourth-order valence-electron chi connectivity index (χ4n) is 1.90. The Kier molecular flexibility index (Phi) is 5.32. The third-order valence-corrected chi connectivity index (χ3v) is 3.06. The van der Waals surface area contributed by atoms with Crippen LogP contribution < -0.4 is 15.8 Å². The quantitative estimate of drug-likeness (QED) is 0.585. The van der Waals surface area contributed by atoms with E-state index in [1.165, 1.54) is 24.3 Å². The topological polar surface area (TPSA) is 79.9 Å². The van der Waals surface area contributed by atoms with Crippen LogP contribution in [0, 0.1) is 5.82 Å². The van der Waals surface area contributed by atoms with E-state index in [-0.39, 0.29) is 18.3 Å². The number of rotatable bonds is 5. The van der Waals surface area contributed by atoms with Gasteiger partial charge < -0.3 is 20.9 Å². The van der Waals surface area contributed by atoms with Crippen molar-refractivity contribution in [1.29, 1.82) is 0 Å². The van der Waals surface area contributed by atoms with Gasteiger partial charge >= 0.3 is 0 Å². The molecule has 2 aromatic rings. The Morgan fingerprint density at radius 1 is 1.27 bits per heavy atom. The molecule has 0 bridgehead atoms. The standard InChI is InChI=1S/C16H18FN3O2/c1-22-15-5-3-2-4-13(15)20-16(18)19-10-14(21)11-6-8-12(17)9-7-11/h2-9,14,21H,10H2,1H3,(H3,18,19,20). The predicted octanol–water partition coefficient (Wildman–Crippen LogP) is 2.29. The summed E-state index contributed by atoms with van der Waals surface area (Å²) in [6.45, 7) is 0.0691. The molecule has 116 valence electrons. The third kappa shape index (κ3) is 4.20. The van der Waals surface area contributed by atoms with Crippen molar-refractivity contribution in [2.24, 2.45) is 10.7 Å². The zero-order valence-electron chi connectivity index (χ0n) is 12.2. The molecule has 0 fully saturated rings. The number of aliphatic hydroxyl groups excluding tert-OH is 1. The van der Waals surface area contributed by atoms with Gasteiger partial charge in [0.2, 0.25) is 0 Å². The summed E-state index contributed by atoms with van der Waals surface area (Å²) in [6, 6.07) is 12.9. The van der Waals surface area contributed by atoms with Gasteiger partial charge in [0.1, 0.15) is 11.6 Å². The number of methoxy groups -OCH3 is 1. The second-order valence-corrected chi connectivity index (χ2v) is 4.62. The van der Waals surface area contributed by atoms with Gasteiger partial charge in [0.25, 0.3) is 0 Å². The Labute approximate surface area is 128 Å². The number of anilines is 1. The first kappa shape index (κ1) is 15.8. The molecule has 4 N–H and O–H groups in total. The fourth-order valence-corrected chi connectivity index (χ4v) is 1.90. The van der Waals surface area contributed by atoms with Crippen molar-refractivity contribution in [3.63, 3.8) is 0 Å². The van der Waals surface area contributed by atoms with Crippen LogP contribution in [0.25, 0.3) is 0 Å². The second kappa shape index (κ2) is 7.42. The summed E-state index contributed by atoms with van der Waals surface area (Å²) in [6.07, 6.45) is -0.849. The Balaban J connectivity index is 1.99. The van der Waals surface area contributed by atoms with E-state index in [0.717, 1.165) is 0 Å². The number of nitrogens with zero attached hydrogens (tertiary/aromatic N) is 1. The fraction of sp³-hybridized carbons (Fsp3) is 0.188. The average Bonchev–Trinajstić information content (AvgIpc) is 2.54. The highest BCUT2D eigenvalue weighted by atomic mass is 19.1. The molecule has 5 nitrogen and oxygen atoms in total. The zero-order chi connectivity index (χ0) is 15.9. The first-order valence-corrected chi connectivity index (χ1v) is 6.73. The lowest BCUT2D eigenvalue weighted by Gasteiger charge is -2.11. The molecule has 1 atom stereocenters. The molecule has 6 heteroatoms. The average molecular weight is 303 g/mol. The summed E-state index contributed by atoms with van der Waals surface area (Å²) in [5.41, 5.74) is 7.05. The third-order valence-electron chi connectivity index (χ3n) is 3.06. The molecule has 0 aromatic heterocycles. The van der Waals surface area contributed by atoms with Gasteiger partial charge in [-0.05, 0) is 29.8 Å².